The van der Waals surface area contributed by atoms with Crippen LogP contribution in [0.3, 0.4) is 0 Å². The first kappa shape index (κ1) is 9.57. The summed E-state index contributed by atoms with van der Waals surface area (Å²) in [6.45, 7) is 8.40. The molecule has 2 heteroatoms. The van der Waals surface area contributed by atoms with Crippen molar-refractivity contribution in [2.24, 2.45) is 0 Å². The molecule has 0 bridgehead atoms. The number of nitrogens with zero attached hydrogens (tertiary/aromatic N) is 2. The molecular weight excluding hydrogens is 148 g/mol. The Morgan fingerprint density at radius 1 is 1.17 bits per heavy atom. The molecule has 0 aliphatic carbocycles. The van der Waals surface area contributed by atoms with Gasteiger partial charge in [-0.2, -0.15) is 0 Å². The van der Waals surface area contributed by atoms with Crippen molar-refractivity contribution in [3.05, 3.63) is 6.42 Å². The van der Waals surface area contributed by atoms with Crippen molar-refractivity contribution in [2.75, 3.05) is 33.2 Å². The van der Waals surface area contributed by atoms with Gasteiger partial charge in [-0.15, -0.1) is 0 Å². The lowest BCUT2D eigenvalue weighted by atomic mass is 10.0. The Balaban J connectivity index is 2.51. The number of hydrogen-bond acceptors (Lipinski definition) is 2. The third-order valence-corrected chi connectivity index (χ3v) is 2.60. The van der Waals surface area contributed by atoms with E-state index in [2.05, 4.69) is 22.8 Å². The van der Waals surface area contributed by atoms with Crippen LogP contribution >= 0.6 is 0 Å². The Kier molecular flexibility index (Phi) is 2.76. The van der Waals surface area contributed by atoms with Crippen molar-refractivity contribution < 1.29 is 0 Å². The first-order valence-corrected chi connectivity index (χ1v) is 4.44. The summed E-state index contributed by atoms with van der Waals surface area (Å²) in [6.07, 6.45) is 7.19. The van der Waals surface area contributed by atoms with Gasteiger partial charge in [0, 0.05) is 26.2 Å². The van der Waals surface area contributed by atoms with Crippen LogP contribution in [0.1, 0.15) is 13.8 Å². The van der Waals surface area contributed by atoms with Gasteiger partial charge in [0.1, 0.15) is 0 Å². The summed E-state index contributed by atoms with van der Waals surface area (Å²) in [5, 5.41) is 0. The van der Waals surface area contributed by atoms with Gasteiger partial charge in [0.25, 0.3) is 0 Å². The molecule has 0 N–H and O–H groups in total. The summed E-state index contributed by atoms with van der Waals surface area (Å²) in [7, 11) is 2.14. The Morgan fingerprint density at radius 2 is 1.67 bits per heavy atom. The van der Waals surface area contributed by atoms with Gasteiger partial charge in [-0.1, -0.05) is 5.92 Å². The second-order valence-corrected chi connectivity index (χ2v) is 3.97. The molecule has 0 saturated carbocycles. The lowest BCUT2D eigenvalue weighted by Gasteiger charge is -2.40. The molecule has 1 rings (SSSR count). The van der Waals surface area contributed by atoms with Crippen LogP contribution in [-0.4, -0.2) is 48.6 Å². The summed E-state index contributed by atoms with van der Waals surface area (Å²) in [6, 6.07) is 0. The van der Waals surface area contributed by atoms with Crippen molar-refractivity contribution >= 4 is 0 Å². The maximum absolute atomic E-state index is 7.19. The Bertz CT molecular complexity index is 183. The Labute approximate surface area is 75.5 Å². The highest BCUT2D eigenvalue weighted by molar-refractivity contribution is 5.05. The minimum atomic E-state index is -0.179. The highest BCUT2D eigenvalue weighted by Crippen LogP contribution is 2.14. The lowest BCUT2D eigenvalue weighted by molar-refractivity contribution is 0.0945. The normalized spacial score (nSPS) is 22.2. The second-order valence-electron chi connectivity index (χ2n) is 3.97. The quantitative estimate of drug-likeness (QED) is 0.525. The topological polar surface area (TPSA) is 6.48 Å². The van der Waals surface area contributed by atoms with E-state index in [-0.39, 0.29) is 5.54 Å². The fourth-order valence-corrected chi connectivity index (χ4v) is 1.44. The summed E-state index contributed by atoms with van der Waals surface area (Å²) >= 11 is 0. The molecule has 1 aliphatic rings. The van der Waals surface area contributed by atoms with Crippen molar-refractivity contribution in [1.82, 2.24) is 9.80 Å². The molecule has 0 aromatic rings. The zero-order valence-corrected chi connectivity index (χ0v) is 8.22. The standard InChI is InChI=1S/C10H17N2/c1-5-10(2,3)12-8-6-11(4)7-9-12/h6-9H2,2-4H3. The maximum atomic E-state index is 7.19. The van der Waals surface area contributed by atoms with E-state index in [1.165, 1.54) is 0 Å². The molecule has 0 amide bonds. The van der Waals surface area contributed by atoms with Crippen LogP contribution in [0.2, 0.25) is 0 Å². The predicted molar refractivity (Wildman–Crippen MR) is 50.3 cm³/mol. The van der Waals surface area contributed by atoms with Gasteiger partial charge in [-0.25, -0.2) is 0 Å². The monoisotopic (exact) mass is 165 g/mol. The van der Waals surface area contributed by atoms with Crippen LogP contribution < -0.4 is 0 Å². The molecule has 1 radical (unpaired) electrons. The third-order valence-electron chi connectivity index (χ3n) is 2.60. The summed E-state index contributed by atoms with van der Waals surface area (Å²) in [5.74, 6) is 2.58. The first-order valence-electron chi connectivity index (χ1n) is 4.44. The predicted octanol–water partition coefficient (Wildman–Crippen LogP) is 0.602. The third kappa shape index (κ3) is 2.00. The maximum Gasteiger partial charge on any atom is 0.0779 e. The Hall–Kier alpha value is -0.520. The molecule has 0 aromatic carbocycles. The molecule has 1 saturated heterocycles. The molecular formula is C10H17N2. The zero-order chi connectivity index (χ0) is 9.19. The molecule has 1 fully saturated rings. The van der Waals surface area contributed by atoms with Gasteiger partial charge in [0.05, 0.1) is 5.54 Å². The number of piperazine rings is 1. The fraction of sp³-hybridized carbons (Fsp3) is 0.800. The van der Waals surface area contributed by atoms with Crippen molar-refractivity contribution in [3.63, 3.8) is 0 Å². The van der Waals surface area contributed by atoms with Crippen LogP contribution in [0.25, 0.3) is 0 Å². The molecule has 0 unspecified atom stereocenters. The molecule has 0 atom stereocenters. The van der Waals surface area contributed by atoms with Crippen LogP contribution in [0.15, 0.2) is 0 Å². The van der Waals surface area contributed by atoms with Crippen LogP contribution in [0.5, 0.6) is 0 Å². The summed E-state index contributed by atoms with van der Waals surface area (Å²) < 4.78 is 0. The summed E-state index contributed by atoms with van der Waals surface area (Å²) in [5.41, 5.74) is -0.179. The minimum Gasteiger partial charge on any atom is -0.304 e. The van der Waals surface area contributed by atoms with Crippen LogP contribution in [0, 0.1) is 12.3 Å². The van der Waals surface area contributed by atoms with Crippen molar-refractivity contribution in [1.29, 1.82) is 0 Å². The van der Waals surface area contributed by atoms with E-state index in [0.29, 0.717) is 0 Å². The molecule has 1 heterocycles. The molecule has 1 aliphatic heterocycles. The van der Waals surface area contributed by atoms with Crippen molar-refractivity contribution in [2.45, 2.75) is 19.4 Å². The van der Waals surface area contributed by atoms with E-state index in [0.717, 1.165) is 26.2 Å². The smallest absolute Gasteiger partial charge is 0.0779 e. The average Bonchev–Trinajstić information content (AvgIpc) is 2.05. The SMILES string of the molecule is [C]#CC(C)(C)N1CCN(C)CC1. The lowest BCUT2D eigenvalue weighted by Crippen LogP contribution is -2.53. The van der Waals surface area contributed by atoms with Crippen LogP contribution in [-0.2, 0) is 0 Å². The van der Waals surface area contributed by atoms with Gasteiger partial charge in [0.15, 0.2) is 0 Å². The first-order chi connectivity index (χ1) is 5.56. The highest BCUT2D eigenvalue weighted by Gasteiger charge is 2.26. The van der Waals surface area contributed by atoms with Gasteiger partial charge in [-0.05, 0) is 27.3 Å². The van der Waals surface area contributed by atoms with E-state index >= 15 is 0 Å². The van der Waals surface area contributed by atoms with Gasteiger partial charge in [-0.3, -0.25) is 4.90 Å². The van der Waals surface area contributed by atoms with E-state index in [9.17, 15) is 0 Å². The largest absolute Gasteiger partial charge is 0.304 e. The van der Waals surface area contributed by atoms with Gasteiger partial charge in [0.2, 0.25) is 0 Å². The highest BCUT2D eigenvalue weighted by atomic mass is 15.3. The average molecular weight is 165 g/mol. The van der Waals surface area contributed by atoms with E-state index in [1.54, 1.807) is 0 Å². The van der Waals surface area contributed by atoms with E-state index in [4.69, 9.17) is 6.42 Å². The minimum absolute atomic E-state index is 0.179. The molecule has 67 valence electrons. The fourth-order valence-electron chi connectivity index (χ4n) is 1.44. The molecule has 2 nitrogen and oxygen atoms in total. The molecule has 0 aromatic heterocycles. The molecule has 12 heavy (non-hydrogen) atoms. The van der Waals surface area contributed by atoms with Crippen LogP contribution in [0.4, 0.5) is 0 Å². The van der Waals surface area contributed by atoms with Crippen molar-refractivity contribution in [3.8, 4) is 5.92 Å². The zero-order valence-electron chi connectivity index (χ0n) is 8.22. The van der Waals surface area contributed by atoms with E-state index in [1.807, 2.05) is 13.8 Å². The van der Waals surface area contributed by atoms with E-state index < -0.39 is 0 Å². The Morgan fingerprint density at radius 3 is 2.08 bits per heavy atom. The molecule has 0 spiro atoms. The number of rotatable bonds is 1. The second kappa shape index (κ2) is 3.47. The number of hydrogen-bond donors (Lipinski definition) is 0. The number of likely N-dealkylation sites (N-methyl/N-ethyl adjacent to an activating group) is 1. The van der Waals surface area contributed by atoms with Gasteiger partial charge >= 0.3 is 0 Å². The summed E-state index contributed by atoms with van der Waals surface area (Å²) in [4.78, 5) is 4.62. The van der Waals surface area contributed by atoms with Gasteiger partial charge < -0.3 is 4.90 Å².